The van der Waals surface area contributed by atoms with Gasteiger partial charge in [0.2, 0.25) is 5.91 Å². The summed E-state index contributed by atoms with van der Waals surface area (Å²) in [4.78, 5) is 40.9. The highest BCUT2D eigenvalue weighted by Gasteiger charge is 2.38. The number of piperidine rings is 1. The van der Waals surface area contributed by atoms with Crippen LogP contribution in [0, 0.1) is 12.8 Å². The van der Waals surface area contributed by atoms with Crippen molar-refractivity contribution in [2.45, 2.75) is 25.8 Å². The van der Waals surface area contributed by atoms with Gasteiger partial charge in [-0.05, 0) is 61.2 Å². The van der Waals surface area contributed by atoms with E-state index >= 15 is 0 Å². The zero-order valence-electron chi connectivity index (χ0n) is 18.4. The number of aryl methyl sites for hydroxylation is 1. The molecule has 4 amide bonds. The number of carbonyl (C=O) groups is 3. The summed E-state index contributed by atoms with van der Waals surface area (Å²) in [5.74, 6) is -0.732. The molecule has 0 bridgehead atoms. The third kappa shape index (κ3) is 4.96. The molecule has 2 atom stereocenters. The molecule has 0 aromatic heterocycles. The fourth-order valence-corrected chi connectivity index (χ4v) is 4.76. The van der Waals surface area contributed by atoms with Crippen LogP contribution < -0.4 is 16.0 Å². The Labute approximate surface area is 197 Å². The van der Waals surface area contributed by atoms with Gasteiger partial charge in [0.25, 0.3) is 5.91 Å². The molecular weight excluding hydrogens is 444 g/mol. The van der Waals surface area contributed by atoms with Crippen LogP contribution in [-0.4, -0.2) is 49.0 Å². The van der Waals surface area contributed by atoms with Gasteiger partial charge in [0.15, 0.2) is 0 Å². The van der Waals surface area contributed by atoms with Crippen LogP contribution in [0.2, 0.25) is 5.02 Å². The molecule has 8 nitrogen and oxygen atoms in total. The van der Waals surface area contributed by atoms with Crippen LogP contribution in [0.25, 0.3) is 0 Å². The van der Waals surface area contributed by atoms with E-state index in [4.69, 9.17) is 22.1 Å². The molecule has 2 aromatic carbocycles. The maximum absolute atomic E-state index is 13.3. The van der Waals surface area contributed by atoms with Gasteiger partial charge in [0.1, 0.15) is 6.61 Å². The molecule has 0 aliphatic carbocycles. The van der Waals surface area contributed by atoms with Crippen LogP contribution >= 0.6 is 11.6 Å². The molecule has 2 unspecified atom stereocenters. The van der Waals surface area contributed by atoms with E-state index in [9.17, 15) is 14.4 Å². The fraction of sp³-hybridized carbons (Fsp3) is 0.375. The Morgan fingerprint density at radius 3 is 2.58 bits per heavy atom. The highest BCUT2D eigenvalue weighted by atomic mass is 35.5. The minimum Gasteiger partial charge on any atom is -0.370 e. The van der Waals surface area contributed by atoms with Crippen molar-refractivity contribution in [2.24, 2.45) is 11.7 Å². The van der Waals surface area contributed by atoms with Crippen molar-refractivity contribution in [2.75, 3.05) is 36.5 Å². The summed E-state index contributed by atoms with van der Waals surface area (Å²) in [6, 6.07) is 11.6. The second-order valence-corrected chi connectivity index (χ2v) is 8.80. The first-order chi connectivity index (χ1) is 15.8. The fourth-order valence-electron chi connectivity index (χ4n) is 4.63. The van der Waals surface area contributed by atoms with Crippen molar-refractivity contribution in [3.05, 3.63) is 58.6 Å². The minimum atomic E-state index is -0.553. The monoisotopic (exact) mass is 470 g/mol. The zero-order valence-corrected chi connectivity index (χ0v) is 19.2. The summed E-state index contributed by atoms with van der Waals surface area (Å²) in [6.07, 6.45) is 1.31. The summed E-state index contributed by atoms with van der Waals surface area (Å²) >= 11 is 6.03. The number of nitrogens with one attached hydrogen (secondary N) is 1. The third-order valence-electron chi connectivity index (χ3n) is 6.20. The molecule has 2 aliphatic rings. The highest BCUT2D eigenvalue weighted by Crippen LogP contribution is 2.37. The van der Waals surface area contributed by atoms with Gasteiger partial charge in [-0.25, -0.2) is 4.79 Å². The lowest BCUT2D eigenvalue weighted by Crippen LogP contribution is -2.48. The smallest absolute Gasteiger partial charge is 0.315 e. The first kappa shape index (κ1) is 23.1. The molecule has 9 heteroatoms. The molecule has 2 aliphatic heterocycles. The Morgan fingerprint density at radius 2 is 1.91 bits per heavy atom. The lowest BCUT2D eigenvalue weighted by Gasteiger charge is -2.40. The number of morpholine rings is 1. The average Bonchev–Trinajstić information content (AvgIpc) is 2.80. The number of primary amides is 1. The van der Waals surface area contributed by atoms with Crippen LogP contribution in [0.5, 0.6) is 0 Å². The lowest BCUT2D eigenvalue weighted by atomic mass is 9.84. The number of hydrogen-bond donors (Lipinski definition) is 2. The van der Waals surface area contributed by atoms with Crippen molar-refractivity contribution < 1.29 is 19.1 Å². The summed E-state index contributed by atoms with van der Waals surface area (Å²) in [7, 11) is 0. The zero-order chi connectivity index (χ0) is 23.5. The van der Waals surface area contributed by atoms with Crippen LogP contribution in [0.15, 0.2) is 42.5 Å². The summed E-state index contributed by atoms with van der Waals surface area (Å²) < 4.78 is 5.20. The van der Waals surface area contributed by atoms with Crippen molar-refractivity contribution in [1.82, 2.24) is 4.90 Å². The Kier molecular flexibility index (Phi) is 6.85. The normalized spacial score (nSPS) is 21.1. The van der Waals surface area contributed by atoms with Crippen LogP contribution in [0.3, 0.4) is 0 Å². The second kappa shape index (κ2) is 9.80. The molecule has 2 saturated heterocycles. The first-order valence-electron chi connectivity index (χ1n) is 11.0. The number of ether oxygens (including phenoxy) is 1. The molecule has 0 radical (unpaired) electrons. The van der Waals surface area contributed by atoms with Crippen LogP contribution in [0.1, 0.15) is 30.0 Å². The maximum Gasteiger partial charge on any atom is 0.315 e. The van der Waals surface area contributed by atoms with Crippen LogP contribution in [0.4, 0.5) is 16.2 Å². The van der Waals surface area contributed by atoms with Gasteiger partial charge in [-0.15, -0.1) is 0 Å². The van der Waals surface area contributed by atoms with E-state index in [1.165, 1.54) is 0 Å². The number of nitrogens with two attached hydrogens (primary N) is 1. The Hall–Kier alpha value is -3.10. The summed E-state index contributed by atoms with van der Waals surface area (Å²) in [6.45, 7) is 3.46. The number of nitrogens with zero attached hydrogens (tertiary/aromatic N) is 2. The van der Waals surface area contributed by atoms with Crippen molar-refractivity contribution in [3.8, 4) is 0 Å². The molecule has 2 fully saturated rings. The number of rotatable bonds is 4. The Bertz CT molecular complexity index is 1060. The number of amides is 4. The van der Waals surface area contributed by atoms with E-state index < -0.39 is 18.0 Å². The van der Waals surface area contributed by atoms with Gasteiger partial charge in [0, 0.05) is 29.5 Å². The molecule has 2 heterocycles. The molecule has 174 valence electrons. The van der Waals surface area contributed by atoms with Gasteiger partial charge < -0.3 is 25.6 Å². The average molecular weight is 471 g/mol. The van der Waals surface area contributed by atoms with E-state index in [0.29, 0.717) is 43.2 Å². The Balaban J connectivity index is 1.55. The van der Waals surface area contributed by atoms with E-state index in [0.717, 1.165) is 16.8 Å². The second-order valence-electron chi connectivity index (χ2n) is 8.37. The molecule has 2 aromatic rings. The van der Waals surface area contributed by atoms with Gasteiger partial charge >= 0.3 is 6.03 Å². The quantitative estimate of drug-likeness (QED) is 0.713. The number of carbonyl (C=O) groups excluding carboxylic acids is 3. The van der Waals surface area contributed by atoms with Gasteiger partial charge in [-0.2, -0.15) is 0 Å². The number of benzene rings is 2. The minimum absolute atomic E-state index is 0.0715. The van der Waals surface area contributed by atoms with Gasteiger partial charge in [0.05, 0.1) is 18.6 Å². The maximum atomic E-state index is 13.3. The van der Waals surface area contributed by atoms with Crippen molar-refractivity contribution in [3.63, 3.8) is 0 Å². The highest BCUT2D eigenvalue weighted by molar-refractivity contribution is 6.30. The lowest BCUT2D eigenvalue weighted by molar-refractivity contribution is -0.126. The van der Waals surface area contributed by atoms with Crippen molar-refractivity contribution in [1.29, 1.82) is 0 Å². The molecule has 4 rings (SSSR count). The number of urea groups is 1. The molecule has 3 N–H and O–H groups in total. The first-order valence-corrected chi connectivity index (χ1v) is 11.3. The number of likely N-dealkylation sites (tertiary alicyclic amines) is 1. The molecule has 0 saturated carbocycles. The summed E-state index contributed by atoms with van der Waals surface area (Å²) in [5, 5.41) is 3.57. The largest absolute Gasteiger partial charge is 0.370 e. The van der Waals surface area contributed by atoms with E-state index in [2.05, 4.69) is 5.32 Å². The topological polar surface area (TPSA) is 105 Å². The molecule has 33 heavy (non-hydrogen) atoms. The van der Waals surface area contributed by atoms with Crippen LogP contribution in [-0.2, 0) is 14.3 Å². The van der Waals surface area contributed by atoms with Gasteiger partial charge in [-0.1, -0.05) is 23.7 Å². The SMILES string of the molecule is Cc1cc(NC(=O)C2CCCN(C(N)=O)C2c2ccc(Cl)cc2)ccc1N1CCOCC1=O. The van der Waals surface area contributed by atoms with Crippen molar-refractivity contribution >= 4 is 40.8 Å². The number of anilines is 2. The third-order valence-corrected chi connectivity index (χ3v) is 6.46. The molecular formula is C24H27ClN4O4. The summed E-state index contributed by atoms with van der Waals surface area (Å²) in [5.41, 5.74) is 8.77. The Morgan fingerprint density at radius 1 is 1.15 bits per heavy atom. The molecule has 0 spiro atoms. The predicted octanol–water partition coefficient (Wildman–Crippen LogP) is 3.48. The number of hydrogen-bond acceptors (Lipinski definition) is 4. The van der Waals surface area contributed by atoms with Gasteiger partial charge in [-0.3, -0.25) is 9.59 Å². The number of halogens is 1. The van der Waals surface area contributed by atoms with E-state index in [1.54, 1.807) is 28.0 Å². The van der Waals surface area contributed by atoms with E-state index in [1.807, 2.05) is 31.2 Å². The van der Waals surface area contributed by atoms with E-state index in [-0.39, 0.29) is 18.4 Å². The predicted molar refractivity (Wildman–Crippen MR) is 126 cm³/mol. The standard InChI is InChI=1S/C24H27ClN4O4/c1-15-13-18(8-9-20(15)28-11-12-33-14-21(28)30)27-23(31)19-3-2-10-29(24(26)32)22(19)16-4-6-17(25)7-5-16/h4-9,13,19,22H,2-3,10-12,14H2,1H3,(H2,26,32)(H,27,31).